The van der Waals surface area contributed by atoms with Crippen molar-refractivity contribution in [3.8, 4) is 22.8 Å². The Balaban J connectivity index is 2.25. The Kier molecular flexibility index (Phi) is 4.93. The molecule has 0 aliphatic carbocycles. The third-order valence-corrected chi connectivity index (χ3v) is 4.22. The highest BCUT2D eigenvalue weighted by Crippen LogP contribution is 2.35. The number of rotatable bonds is 5. The van der Waals surface area contributed by atoms with Crippen molar-refractivity contribution in [3.63, 3.8) is 0 Å². The predicted octanol–water partition coefficient (Wildman–Crippen LogP) is 2.93. The normalized spacial score (nSPS) is 10.6. The topological polar surface area (TPSA) is 77.6 Å². The highest BCUT2D eigenvalue weighted by atomic mass is 16.5. The second-order valence-corrected chi connectivity index (χ2v) is 5.72. The van der Waals surface area contributed by atoms with Gasteiger partial charge in [0.2, 0.25) is 0 Å². The zero-order chi connectivity index (χ0) is 18.7. The van der Waals surface area contributed by atoms with Crippen LogP contribution in [-0.2, 0) is 16.0 Å². The monoisotopic (exact) mass is 353 g/mol. The minimum Gasteiger partial charge on any atom is -0.493 e. The minimum absolute atomic E-state index is 0.0427. The molecule has 1 heterocycles. The van der Waals surface area contributed by atoms with Crippen molar-refractivity contribution in [1.29, 1.82) is 0 Å². The largest absolute Gasteiger partial charge is 0.493 e. The maximum atomic E-state index is 12.4. The standard InChI is InChI=1S/C20H19NO5/c1-24-17-9-13(10-19(22)26-3)15(11-18(17)25-2)16-8-12-6-4-5-7-14(12)20(23)21-16/h4-9,11H,10H2,1-3H3,(H,21,23). The number of benzene rings is 2. The predicted molar refractivity (Wildman–Crippen MR) is 98.8 cm³/mol. The molecule has 0 saturated carbocycles. The summed E-state index contributed by atoms with van der Waals surface area (Å²) >= 11 is 0. The lowest BCUT2D eigenvalue weighted by Gasteiger charge is -2.15. The van der Waals surface area contributed by atoms with E-state index < -0.39 is 0 Å². The molecule has 1 N–H and O–H groups in total. The van der Waals surface area contributed by atoms with Crippen LogP contribution in [-0.4, -0.2) is 32.3 Å². The summed E-state index contributed by atoms with van der Waals surface area (Å²) in [5, 5.41) is 1.41. The zero-order valence-electron chi connectivity index (χ0n) is 14.8. The van der Waals surface area contributed by atoms with Crippen LogP contribution in [0.5, 0.6) is 11.5 Å². The van der Waals surface area contributed by atoms with Gasteiger partial charge < -0.3 is 19.2 Å². The van der Waals surface area contributed by atoms with Crippen molar-refractivity contribution >= 4 is 16.7 Å². The molecule has 0 unspecified atom stereocenters. The summed E-state index contributed by atoms with van der Waals surface area (Å²) in [6.45, 7) is 0. The van der Waals surface area contributed by atoms with Crippen LogP contribution in [0, 0.1) is 0 Å². The van der Waals surface area contributed by atoms with E-state index in [1.165, 1.54) is 21.3 Å². The highest BCUT2D eigenvalue weighted by molar-refractivity contribution is 5.86. The molecule has 2 aromatic carbocycles. The van der Waals surface area contributed by atoms with Crippen molar-refractivity contribution in [2.75, 3.05) is 21.3 Å². The Morgan fingerprint density at radius 2 is 1.69 bits per heavy atom. The Morgan fingerprint density at radius 1 is 1.00 bits per heavy atom. The lowest BCUT2D eigenvalue weighted by molar-refractivity contribution is -0.139. The maximum absolute atomic E-state index is 12.4. The second kappa shape index (κ2) is 7.31. The van der Waals surface area contributed by atoms with E-state index in [1.807, 2.05) is 24.3 Å². The molecular formula is C20H19NO5. The van der Waals surface area contributed by atoms with Gasteiger partial charge in [0.25, 0.3) is 5.56 Å². The number of aromatic nitrogens is 1. The number of ether oxygens (including phenoxy) is 3. The maximum Gasteiger partial charge on any atom is 0.310 e. The average Bonchev–Trinajstić information content (AvgIpc) is 2.67. The van der Waals surface area contributed by atoms with E-state index in [9.17, 15) is 9.59 Å². The molecule has 0 saturated heterocycles. The summed E-state index contributed by atoms with van der Waals surface area (Å²) in [6.07, 6.45) is 0.0427. The molecule has 0 amide bonds. The quantitative estimate of drug-likeness (QED) is 0.714. The van der Waals surface area contributed by atoms with Gasteiger partial charge in [0.05, 0.1) is 27.8 Å². The molecule has 1 aromatic heterocycles. The lowest BCUT2D eigenvalue weighted by Crippen LogP contribution is -2.10. The number of esters is 1. The Morgan fingerprint density at radius 3 is 2.38 bits per heavy atom. The lowest BCUT2D eigenvalue weighted by atomic mass is 9.99. The summed E-state index contributed by atoms with van der Waals surface area (Å²) < 4.78 is 15.5. The first-order valence-corrected chi connectivity index (χ1v) is 8.01. The molecule has 0 aliphatic rings. The number of methoxy groups -OCH3 is 3. The van der Waals surface area contributed by atoms with Gasteiger partial charge in [0.1, 0.15) is 0 Å². The van der Waals surface area contributed by atoms with Gasteiger partial charge in [-0.3, -0.25) is 9.59 Å². The van der Waals surface area contributed by atoms with E-state index in [2.05, 4.69) is 4.98 Å². The molecular weight excluding hydrogens is 334 g/mol. The van der Waals surface area contributed by atoms with Crippen LogP contribution in [0.3, 0.4) is 0 Å². The number of carbonyl (C=O) groups excluding carboxylic acids is 1. The van der Waals surface area contributed by atoms with Crippen molar-refractivity contribution in [1.82, 2.24) is 4.98 Å². The van der Waals surface area contributed by atoms with Crippen LogP contribution in [0.4, 0.5) is 0 Å². The number of pyridine rings is 1. The van der Waals surface area contributed by atoms with Gasteiger partial charge in [0, 0.05) is 16.6 Å². The summed E-state index contributed by atoms with van der Waals surface area (Å²) in [5.41, 5.74) is 1.74. The summed E-state index contributed by atoms with van der Waals surface area (Å²) in [4.78, 5) is 27.2. The number of H-pyrrole nitrogens is 1. The molecule has 0 aliphatic heterocycles. The molecule has 3 aromatic rings. The molecule has 3 rings (SSSR count). The van der Waals surface area contributed by atoms with Gasteiger partial charge in [-0.2, -0.15) is 0 Å². The van der Waals surface area contributed by atoms with Gasteiger partial charge >= 0.3 is 5.97 Å². The van der Waals surface area contributed by atoms with E-state index >= 15 is 0 Å². The van der Waals surface area contributed by atoms with Gasteiger partial charge in [-0.1, -0.05) is 18.2 Å². The molecule has 0 bridgehead atoms. The van der Waals surface area contributed by atoms with E-state index in [4.69, 9.17) is 14.2 Å². The Bertz CT molecular complexity index is 1020. The van der Waals surface area contributed by atoms with Gasteiger partial charge in [-0.25, -0.2) is 0 Å². The van der Waals surface area contributed by atoms with E-state index in [0.29, 0.717) is 33.7 Å². The number of aromatic amines is 1. The smallest absolute Gasteiger partial charge is 0.310 e. The molecule has 26 heavy (non-hydrogen) atoms. The van der Waals surface area contributed by atoms with E-state index in [-0.39, 0.29) is 17.9 Å². The molecule has 0 spiro atoms. The van der Waals surface area contributed by atoms with Crippen molar-refractivity contribution < 1.29 is 19.0 Å². The second-order valence-electron chi connectivity index (χ2n) is 5.72. The third-order valence-electron chi connectivity index (χ3n) is 4.22. The van der Waals surface area contributed by atoms with Gasteiger partial charge in [0.15, 0.2) is 11.5 Å². The van der Waals surface area contributed by atoms with Crippen molar-refractivity contribution in [3.05, 3.63) is 58.4 Å². The molecule has 134 valence electrons. The molecule has 0 radical (unpaired) electrons. The summed E-state index contributed by atoms with van der Waals surface area (Å²) in [6, 6.07) is 12.7. The minimum atomic E-state index is -0.387. The van der Waals surface area contributed by atoms with Crippen LogP contribution in [0.2, 0.25) is 0 Å². The molecule has 6 nitrogen and oxygen atoms in total. The van der Waals surface area contributed by atoms with E-state index in [1.54, 1.807) is 18.2 Å². The molecule has 0 atom stereocenters. The summed E-state index contributed by atoms with van der Waals surface area (Å²) in [5.74, 6) is 0.616. The van der Waals surface area contributed by atoms with Crippen molar-refractivity contribution in [2.45, 2.75) is 6.42 Å². The van der Waals surface area contributed by atoms with Gasteiger partial charge in [-0.15, -0.1) is 0 Å². The average molecular weight is 353 g/mol. The fourth-order valence-electron chi connectivity index (χ4n) is 2.90. The van der Waals surface area contributed by atoms with Crippen LogP contribution in [0.1, 0.15) is 5.56 Å². The zero-order valence-corrected chi connectivity index (χ0v) is 14.8. The number of hydrogen-bond acceptors (Lipinski definition) is 5. The number of nitrogens with one attached hydrogen (secondary N) is 1. The first-order valence-electron chi connectivity index (χ1n) is 8.01. The highest BCUT2D eigenvalue weighted by Gasteiger charge is 2.17. The first-order chi connectivity index (χ1) is 12.6. The van der Waals surface area contributed by atoms with Crippen LogP contribution in [0.25, 0.3) is 22.0 Å². The number of hydrogen-bond donors (Lipinski definition) is 1. The molecule has 0 fully saturated rings. The number of carbonyl (C=O) groups is 1. The van der Waals surface area contributed by atoms with Crippen LogP contribution >= 0.6 is 0 Å². The van der Waals surface area contributed by atoms with Crippen LogP contribution < -0.4 is 15.0 Å². The SMILES string of the molecule is COC(=O)Cc1cc(OC)c(OC)cc1-c1cc2ccccc2c(=O)[nH]1. The first kappa shape index (κ1) is 17.5. The van der Waals surface area contributed by atoms with E-state index in [0.717, 1.165) is 5.39 Å². The Hall–Kier alpha value is -3.28. The van der Waals surface area contributed by atoms with Gasteiger partial charge in [-0.05, 0) is 35.2 Å². The van der Waals surface area contributed by atoms with Crippen molar-refractivity contribution in [2.24, 2.45) is 0 Å². The fraction of sp³-hybridized carbons (Fsp3) is 0.200. The number of fused-ring (bicyclic) bond motifs is 1. The Labute approximate surface area is 150 Å². The molecule has 6 heteroatoms. The summed E-state index contributed by atoms with van der Waals surface area (Å²) in [7, 11) is 4.39. The van der Waals surface area contributed by atoms with Crippen LogP contribution in [0.15, 0.2) is 47.3 Å². The third kappa shape index (κ3) is 3.26. The fourth-order valence-corrected chi connectivity index (χ4v) is 2.90.